The van der Waals surface area contributed by atoms with Crippen molar-refractivity contribution in [1.82, 2.24) is 10.2 Å². The van der Waals surface area contributed by atoms with Crippen LogP contribution in [0, 0.1) is 5.92 Å². The number of halogens is 2. The van der Waals surface area contributed by atoms with Crippen molar-refractivity contribution in [1.29, 1.82) is 0 Å². The van der Waals surface area contributed by atoms with Gasteiger partial charge in [-0.3, -0.25) is 9.59 Å². The Morgan fingerprint density at radius 3 is 2.18 bits per heavy atom. The number of benzene rings is 2. The normalized spacial score (nSPS) is 15.9. The van der Waals surface area contributed by atoms with Crippen molar-refractivity contribution < 1.29 is 33.0 Å². The molecule has 7 nitrogen and oxygen atoms in total. The number of hydrogen-bond donors (Lipinski definition) is 2. The van der Waals surface area contributed by atoms with E-state index in [4.69, 9.17) is 9.84 Å². The lowest BCUT2D eigenvalue weighted by Gasteiger charge is -2.41. The minimum Gasteiger partial charge on any atom is -0.481 e. The zero-order valence-electron chi connectivity index (χ0n) is 18.5. The van der Waals surface area contributed by atoms with Crippen molar-refractivity contribution in [2.75, 3.05) is 19.7 Å². The van der Waals surface area contributed by atoms with Crippen LogP contribution in [-0.2, 0) is 14.3 Å². The molecule has 1 atom stereocenters. The number of alkyl halides is 2. The molecule has 4 rings (SSSR count). The third-order valence-corrected chi connectivity index (χ3v) is 6.38. The number of fused-ring (bicyclic) bond motifs is 3. The van der Waals surface area contributed by atoms with Crippen LogP contribution in [0.25, 0.3) is 11.1 Å². The first kappa shape index (κ1) is 23.7. The smallest absolute Gasteiger partial charge is 0.407 e. The van der Waals surface area contributed by atoms with E-state index in [-0.39, 0.29) is 38.0 Å². The number of carbonyl (C=O) groups is 3. The minimum atomic E-state index is -2.79. The summed E-state index contributed by atoms with van der Waals surface area (Å²) in [5.41, 5.74) is 4.16. The number of likely N-dealkylation sites (tertiary alicyclic amines) is 1. The first-order valence-corrected chi connectivity index (χ1v) is 11.2. The summed E-state index contributed by atoms with van der Waals surface area (Å²) in [7, 11) is 0. The van der Waals surface area contributed by atoms with Gasteiger partial charge in [0.1, 0.15) is 12.6 Å². The number of nitrogens with zero attached hydrogens (tertiary/aromatic N) is 1. The largest absolute Gasteiger partial charge is 0.481 e. The molecule has 2 amide bonds. The predicted molar refractivity (Wildman–Crippen MR) is 120 cm³/mol. The van der Waals surface area contributed by atoms with E-state index in [0.717, 1.165) is 22.3 Å². The van der Waals surface area contributed by atoms with Gasteiger partial charge in [0.15, 0.2) is 0 Å². The monoisotopic (exact) mass is 472 g/mol. The molecular weight excluding hydrogens is 446 g/mol. The summed E-state index contributed by atoms with van der Waals surface area (Å²) in [6.45, 7) is 0.590. The van der Waals surface area contributed by atoms with Crippen LogP contribution in [-0.4, -0.2) is 60.1 Å². The van der Waals surface area contributed by atoms with Crippen molar-refractivity contribution in [2.24, 2.45) is 5.92 Å². The third-order valence-electron chi connectivity index (χ3n) is 6.38. The lowest BCUT2D eigenvalue weighted by molar-refractivity contribution is -0.141. The summed E-state index contributed by atoms with van der Waals surface area (Å²) in [4.78, 5) is 37.2. The van der Waals surface area contributed by atoms with Crippen LogP contribution in [0.3, 0.4) is 0 Å². The molecule has 1 fully saturated rings. The number of ether oxygens (including phenoxy) is 1. The molecule has 0 radical (unpaired) electrons. The van der Waals surface area contributed by atoms with E-state index in [1.807, 2.05) is 48.5 Å². The maximum absolute atomic E-state index is 13.1. The summed E-state index contributed by atoms with van der Waals surface area (Å²) in [5, 5.41) is 11.1. The number of hydrogen-bond acceptors (Lipinski definition) is 4. The Hall–Kier alpha value is -3.49. The lowest BCUT2D eigenvalue weighted by Crippen LogP contribution is -2.57. The molecule has 34 heavy (non-hydrogen) atoms. The average molecular weight is 472 g/mol. The van der Waals surface area contributed by atoms with Crippen molar-refractivity contribution in [3.8, 4) is 11.1 Å². The molecule has 9 heteroatoms. The quantitative estimate of drug-likeness (QED) is 0.578. The number of carbonyl (C=O) groups excluding carboxylic acids is 2. The van der Waals surface area contributed by atoms with Crippen molar-refractivity contribution in [3.63, 3.8) is 0 Å². The van der Waals surface area contributed by atoms with Crippen LogP contribution >= 0.6 is 0 Å². The van der Waals surface area contributed by atoms with Gasteiger partial charge in [0, 0.05) is 31.8 Å². The predicted octanol–water partition coefficient (Wildman–Crippen LogP) is 3.87. The molecule has 0 bridgehead atoms. The molecule has 1 saturated heterocycles. The highest BCUT2D eigenvalue weighted by Crippen LogP contribution is 2.44. The summed E-state index contributed by atoms with van der Waals surface area (Å²) in [6, 6.07) is 14.2. The Balaban J connectivity index is 1.35. The Labute approximate surface area is 195 Å². The number of amides is 2. The Bertz CT molecular complexity index is 1030. The maximum atomic E-state index is 13.1. The topological polar surface area (TPSA) is 95.9 Å². The fraction of sp³-hybridized carbons (Fsp3) is 0.400. The molecule has 2 aliphatic rings. The van der Waals surface area contributed by atoms with Gasteiger partial charge in [-0.05, 0) is 34.6 Å². The lowest BCUT2D eigenvalue weighted by atomic mass is 9.93. The number of alkyl carbamates (subject to hydrolysis) is 1. The van der Waals surface area contributed by atoms with Crippen molar-refractivity contribution in [2.45, 2.75) is 37.6 Å². The van der Waals surface area contributed by atoms with Gasteiger partial charge < -0.3 is 20.1 Å². The molecule has 0 spiro atoms. The van der Waals surface area contributed by atoms with Crippen LogP contribution in [0.4, 0.5) is 13.6 Å². The maximum Gasteiger partial charge on any atom is 0.407 e. The summed E-state index contributed by atoms with van der Waals surface area (Å²) in [6.07, 6.45) is -4.13. The Morgan fingerprint density at radius 2 is 1.62 bits per heavy atom. The molecule has 1 aliphatic carbocycles. The molecule has 2 aromatic carbocycles. The minimum absolute atomic E-state index is 0.00877. The zero-order valence-corrected chi connectivity index (χ0v) is 18.5. The molecule has 2 aromatic rings. The standard InChI is InChI=1S/C25H26F2N2O5/c26-22(27)11-21(24(32)29-12-15(13-29)9-10-23(30)31)28-25(33)34-14-20-18-7-3-1-5-16(18)17-6-2-4-8-19(17)20/h1-8,15,20-22H,9-14H2,(H,28,33)(H,30,31). The number of rotatable bonds is 9. The van der Waals surface area contributed by atoms with Gasteiger partial charge in [0.05, 0.1) is 0 Å². The third kappa shape index (κ3) is 5.18. The molecule has 1 aliphatic heterocycles. The highest BCUT2D eigenvalue weighted by molar-refractivity contribution is 5.86. The van der Waals surface area contributed by atoms with E-state index < -0.39 is 36.9 Å². The van der Waals surface area contributed by atoms with Gasteiger partial charge in [0.2, 0.25) is 12.3 Å². The average Bonchev–Trinajstić information content (AvgIpc) is 3.09. The van der Waals surface area contributed by atoms with Crippen LogP contribution in [0.15, 0.2) is 48.5 Å². The fourth-order valence-corrected chi connectivity index (χ4v) is 4.66. The second kappa shape index (κ2) is 10.2. The van der Waals surface area contributed by atoms with E-state index in [0.29, 0.717) is 6.42 Å². The molecule has 1 heterocycles. The zero-order chi connectivity index (χ0) is 24.2. The first-order chi connectivity index (χ1) is 16.3. The summed E-state index contributed by atoms with van der Waals surface area (Å²) < 4.78 is 31.6. The first-order valence-electron chi connectivity index (χ1n) is 11.2. The van der Waals surface area contributed by atoms with Crippen LogP contribution < -0.4 is 5.32 Å². The summed E-state index contributed by atoms with van der Waals surface area (Å²) in [5.74, 6) is -1.70. The molecular formula is C25H26F2N2O5. The SMILES string of the molecule is O=C(O)CCC1CN(C(=O)C(CC(F)F)NC(=O)OCC2c3ccccc3-c3ccccc32)C1. The molecule has 0 aromatic heterocycles. The van der Waals surface area contributed by atoms with Gasteiger partial charge in [-0.2, -0.15) is 0 Å². The summed E-state index contributed by atoms with van der Waals surface area (Å²) >= 11 is 0. The van der Waals surface area contributed by atoms with E-state index in [9.17, 15) is 23.2 Å². The van der Waals surface area contributed by atoms with Gasteiger partial charge in [-0.1, -0.05) is 48.5 Å². The fourth-order valence-electron chi connectivity index (χ4n) is 4.66. The van der Waals surface area contributed by atoms with Crippen LogP contribution in [0.1, 0.15) is 36.3 Å². The van der Waals surface area contributed by atoms with E-state index in [2.05, 4.69) is 5.32 Å². The van der Waals surface area contributed by atoms with Crippen molar-refractivity contribution >= 4 is 18.0 Å². The second-order valence-electron chi connectivity index (χ2n) is 8.69. The van der Waals surface area contributed by atoms with Crippen molar-refractivity contribution in [3.05, 3.63) is 59.7 Å². The van der Waals surface area contributed by atoms with E-state index in [1.54, 1.807) is 0 Å². The molecule has 0 saturated carbocycles. The van der Waals surface area contributed by atoms with Crippen LogP contribution in [0.5, 0.6) is 0 Å². The Morgan fingerprint density at radius 1 is 1.03 bits per heavy atom. The van der Waals surface area contributed by atoms with Gasteiger partial charge in [-0.25, -0.2) is 13.6 Å². The highest BCUT2D eigenvalue weighted by atomic mass is 19.3. The Kier molecular flexibility index (Phi) is 7.09. The molecule has 1 unspecified atom stereocenters. The van der Waals surface area contributed by atoms with Gasteiger partial charge in [0.25, 0.3) is 0 Å². The number of nitrogens with one attached hydrogen (secondary N) is 1. The van der Waals surface area contributed by atoms with Crippen LogP contribution in [0.2, 0.25) is 0 Å². The molecule has 2 N–H and O–H groups in total. The number of aliphatic carboxylic acids is 1. The number of carboxylic acids is 1. The van der Waals surface area contributed by atoms with Gasteiger partial charge >= 0.3 is 12.1 Å². The second-order valence-corrected chi connectivity index (χ2v) is 8.69. The molecule has 180 valence electrons. The highest BCUT2D eigenvalue weighted by Gasteiger charge is 2.37. The number of carboxylic acid groups (broad SMARTS) is 1. The van der Waals surface area contributed by atoms with Gasteiger partial charge in [-0.15, -0.1) is 0 Å². The van der Waals surface area contributed by atoms with E-state index in [1.165, 1.54) is 4.90 Å². The van der Waals surface area contributed by atoms with E-state index >= 15 is 0 Å².